The molecule has 1 fully saturated rings. The van der Waals surface area contributed by atoms with Gasteiger partial charge in [-0.3, -0.25) is 4.90 Å². The Kier molecular flexibility index (Phi) is 3.79. The predicted molar refractivity (Wildman–Crippen MR) is 64.3 cm³/mol. The summed E-state index contributed by atoms with van der Waals surface area (Å²) in [6.07, 6.45) is 0. The molecule has 0 aromatic heterocycles. The summed E-state index contributed by atoms with van der Waals surface area (Å²) < 4.78 is 13.3. The van der Waals surface area contributed by atoms with E-state index in [0.717, 1.165) is 31.7 Å². The van der Waals surface area contributed by atoms with E-state index in [1.54, 1.807) is 6.07 Å². The number of nitrogens with one attached hydrogen (secondary N) is 1. The van der Waals surface area contributed by atoms with E-state index in [-0.39, 0.29) is 16.9 Å². The van der Waals surface area contributed by atoms with Crippen molar-refractivity contribution in [3.8, 4) is 0 Å². The van der Waals surface area contributed by atoms with Gasteiger partial charge in [0.1, 0.15) is 5.82 Å². The molecule has 1 N–H and O–H groups in total. The lowest BCUT2D eigenvalue weighted by molar-refractivity contribution is 0.185. The highest BCUT2D eigenvalue weighted by atomic mass is 35.5. The maximum Gasteiger partial charge on any atom is 0.142 e. The SMILES string of the molecule is C[C@@H](c1ccc(Cl)c(F)c1)N1CCNCC1. The van der Waals surface area contributed by atoms with Gasteiger partial charge in [-0.25, -0.2) is 4.39 Å². The first-order valence-electron chi connectivity index (χ1n) is 5.58. The Morgan fingerprint density at radius 3 is 2.69 bits per heavy atom. The van der Waals surface area contributed by atoms with Crippen molar-refractivity contribution in [3.05, 3.63) is 34.6 Å². The first-order chi connectivity index (χ1) is 7.68. The molecule has 0 aliphatic carbocycles. The van der Waals surface area contributed by atoms with Crippen LogP contribution in [-0.2, 0) is 0 Å². The van der Waals surface area contributed by atoms with Crippen molar-refractivity contribution in [1.82, 2.24) is 10.2 Å². The molecule has 1 saturated heterocycles. The van der Waals surface area contributed by atoms with E-state index in [1.165, 1.54) is 6.07 Å². The molecule has 2 rings (SSSR count). The lowest BCUT2D eigenvalue weighted by atomic mass is 10.1. The van der Waals surface area contributed by atoms with Crippen LogP contribution >= 0.6 is 11.6 Å². The average Bonchev–Trinajstić information content (AvgIpc) is 2.33. The summed E-state index contributed by atoms with van der Waals surface area (Å²) in [4.78, 5) is 2.35. The molecule has 0 amide bonds. The fourth-order valence-electron chi connectivity index (χ4n) is 2.05. The lowest BCUT2D eigenvalue weighted by Crippen LogP contribution is -2.44. The van der Waals surface area contributed by atoms with Crippen LogP contribution in [0.5, 0.6) is 0 Å². The molecule has 0 unspecified atom stereocenters. The van der Waals surface area contributed by atoms with Crippen molar-refractivity contribution in [2.75, 3.05) is 26.2 Å². The fraction of sp³-hybridized carbons (Fsp3) is 0.500. The third-order valence-electron chi connectivity index (χ3n) is 3.13. The molecular weight excluding hydrogens is 227 g/mol. The van der Waals surface area contributed by atoms with Gasteiger partial charge in [0.2, 0.25) is 0 Å². The normalized spacial score (nSPS) is 19.7. The summed E-state index contributed by atoms with van der Waals surface area (Å²) in [7, 11) is 0. The van der Waals surface area contributed by atoms with E-state index in [1.807, 2.05) is 6.07 Å². The van der Waals surface area contributed by atoms with Crippen LogP contribution in [0.4, 0.5) is 4.39 Å². The zero-order valence-electron chi connectivity index (χ0n) is 9.34. The van der Waals surface area contributed by atoms with Crippen molar-refractivity contribution in [3.63, 3.8) is 0 Å². The van der Waals surface area contributed by atoms with Crippen LogP contribution in [0.15, 0.2) is 18.2 Å². The first kappa shape index (κ1) is 11.8. The summed E-state index contributed by atoms with van der Waals surface area (Å²) in [6, 6.07) is 5.31. The average molecular weight is 243 g/mol. The first-order valence-corrected chi connectivity index (χ1v) is 5.96. The van der Waals surface area contributed by atoms with Gasteiger partial charge in [0, 0.05) is 32.2 Å². The summed E-state index contributed by atoms with van der Waals surface area (Å²) >= 11 is 5.67. The maximum absolute atomic E-state index is 13.3. The highest BCUT2D eigenvalue weighted by molar-refractivity contribution is 6.30. The topological polar surface area (TPSA) is 15.3 Å². The highest BCUT2D eigenvalue weighted by Gasteiger charge is 2.18. The molecule has 1 atom stereocenters. The standard InChI is InChI=1S/C12H16ClFN2/c1-9(16-6-4-15-5-7-16)10-2-3-11(13)12(14)8-10/h2-3,8-9,15H,4-7H2,1H3/t9-/m0/s1. The second-order valence-electron chi connectivity index (χ2n) is 4.14. The third kappa shape index (κ3) is 2.54. The molecule has 0 saturated carbocycles. The van der Waals surface area contributed by atoms with Crippen LogP contribution in [0, 0.1) is 5.82 Å². The lowest BCUT2D eigenvalue weighted by Gasteiger charge is -2.33. The van der Waals surface area contributed by atoms with E-state index in [0.29, 0.717) is 0 Å². The Morgan fingerprint density at radius 1 is 1.38 bits per heavy atom. The Balaban J connectivity index is 2.12. The maximum atomic E-state index is 13.3. The van der Waals surface area contributed by atoms with Crippen molar-refractivity contribution in [2.45, 2.75) is 13.0 Å². The minimum absolute atomic E-state index is 0.191. The van der Waals surface area contributed by atoms with E-state index in [4.69, 9.17) is 11.6 Å². The molecule has 16 heavy (non-hydrogen) atoms. The van der Waals surface area contributed by atoms with Crippen molar-refractivity contribution in [1.29, 1.82) is 0 Å². The van der Waals surface area contributed by atoms with Crippen LogP contribution in [0.3, 0.4) is 0 Å². The van der Waals surface area contributed by atoms with E-state index >= 15 is 0 Å². The van der Waals surface area contributed by atoms with E-state index in [2.05, 4.69) is 17.1 Å². The zero-order chi connectivity index (χ0) is 11.5. The van der Waals surface area contributed by atoms with Gasteiger partial charge in [-0.1, -0.05) is 17.7 Å². The van der Waals surface area contributed by atoms with Gasteiger partial charge < -0.3 is 5.32 Å². The quantitative estimate of drug-likeness (QED) is 0.857. The second-order valence-corrected chi connectivity index (χ2v) is 4.54. The van der Waals surface area contributed by atoms with Gasteiger partial charge in [0.05, 0.1) is 5.02 Å². The number of hydrogen-bond acceptors (Lipinski definition) is 2. The summed E-state index contributed by atoms with van der Waals surface area (Å²) in [5.74, 6) is -0.332. The minimum Gasteiger partial charge on any atom is -0.314 e. The highest BCUT2D eigenvalue weighted by Crippen LogP contribution is 2.24. The van der Waals surface area contributed by atoms with Gasteiger partial charge in [0.15, 0.2) is 0 Å². The predicted octanol–water partition coefficient (Wildman–Crippen LogP) is 2.45. The molecule has 4 heteroatoms. The van der Waals surface area contributed by atoms with Gasteiger partial charge in [-0.15, -0.1) is 0 Å². The van der Waals surface area contributed by atoms with E-state index < -0.39 is 0 Å². The monoisotopic (exact) mass is 242 g/mol. The Bertz CT molecular complexity index is 364. The number of hydrogen-bond donors (Lipinski definition) is 1. The molecule has 2 nitrogen and oxygen atoms in total. The molecular formula is C12H16ClFN2. The van der Waals surface area contributed by atoms with E-state index in [9.17, 15) is 4.39 Å². The summed E-state index contributed by atoms with van der Waals surface area (Å²) in [5.41, 5.74) is 0.990. The van der Waals surface area contributed by atoms with Crippen LogP contribution in [-0.4, -0.2) is 31.1 Å². The molecule has 1 heterocycles. The van der Waals surface area contributed by atoms with Gasteiger partial charge in [0.25, 0.3) is 0 Å². The molecule has 0 radical (unpaired) electrons. The fourth-order valence-corrected chi connectivity index (χ4v) is 2.17. The third-order valence-corrected chi connectivity index (χ3v) is 3.43. The van der Waals surface area contributed by atoms with Crippen molar-refractivity contribution >= 4 is 11.6 Å². The van der Waals surface area contributed by atoms with Crippen molar-refractivity contribution in [2.24, 2.45) is 0 Å². The number of nitrogens with zero attached hydrogens (tertiary/aromatic N) is 1. The van der Waals surface area contributed by atoms with Crippen LogP contribution in [0.25, 0.3) is 0 Å². The number of rotatable bonds is 2. The van der Waals surface area contributed by atoms with Crippen LogP contribution in [0.2, 0.25) is 5.02 Å². The largest absolute Gasteiger partial charge is 0.314 e. The number of benzene rings is 1. The molecule has 1 aliphatic rings. The molecule has 0 bridgehead atoms. The Morgan fingerprint density at radius 2 is 2.06 bits per heavy atom. The van der Waals surface area contributed by atoms with Gasteiger partial charge >= 0.3 is 0 Å². The molecule has 88 valence electrons. The molecule has 0 spiro atoms. The molecule has 1 aromatic rings. The van der Waals surface area contributed by atoms with Crippen LogP contribution in [0.1, 0.15) is 18.5 Å². The Hall–Kier alpha value is -0.640. The summed E-state index contributed by atoms with van der Waals surface area (Å²) in [5, 5.41) is 3.50. The zero-order valence-corrected chi connectivity index (χ0v) is 10.1. The smallest absolute Gasteiger partial charge is 0.142 e. The minimum atomic E-state index is -0.332. The molecule has 1 aromatic carbocycles. The van der Waals surface area contributed by atoms with Crippen molar-refractivity contribution < 1.29 is 4.39 Å². The van der Waals surface area contributed by atoms with Crippen LogP contribution < -0.4 is 5.32 Å². The molecule has 1 aliphatic heterocycles. The van der Waals surface area contributed by atoms with Gasteiger partial charge in [-0.05, 0) is 24.6 Å². The van der Waals surface area contributed by atoms with Gasteiger partial charge in [-0.2, -0.15) is 0 Å². The number of halogens is 2. The Labute approximate surface area is 100 Å². The summed E-state index contributed by atoms with van der Waals surface area (Å²) in [6.45, 7) is 6.12. The second kappa shape index (κ2) is 5.13. The number of piperazine rings is 1.